The Kier molecular flexibility index (Phi) is 11.1. The van der Waals surface area contributed by atoms with Crippen LogP contribution < -0.4 is 16.0 Å². The van der Waals surface area contributed by atoms with Gasteiger partial charge in [-0.1, -0.05) is 23.7 Å². The van der Waals surface area contributed by atoms with E-state index in [4.69, 9.17) is 11.6 Å². The predicted octanol–water partition coefficient (Wildman–Crippen LogP) is 2.50. The smallest absolute Gasteiger partial charge is 0.251 e. The highest BCUT2D eigenvalue weighted by Gasteiger charge is 2.07. The van der Waals surface area contributed by atoms with Crippen molar-refractivity contribution < 1.29 is 13.2 Å². The molecule has 1 amide bonds. The molecule has 0 bridgehead atoms. The SMILES string of the molecule is CN=C(NCCNC(=O)c1ccc(Cl)cc1)NCCc1ccc(S(C)(=O)=O)cc1.I. The first-order valence-electron chi connectivity index (χ1n) is 9.07. The number of hydrogen-bond acceptors (Lipinski definition) is 4. The predicted molar refractivity (Wildman–Crippen MR) is 132 cm³/mol. The molecule has 0 spiro atoms. The lowest BCUT2D eigenvalue weighted by Crippen LogP contribution is -2.42. The van der Waals surface area contributed by atoms with Gasteiger partial charge in [0.1, 0.15) is 0 Å². The minimum absolute atomic E-state index is 0. The molecule has 30 heavy (non-hydrogen) atoms. The van der Waals surface area contributed by atoms with Crippen molar-refractivity contribution in [3.63, 3.8) is 0 Å². The van der Waals surface area contributed by atoms with E-state index in [1.54, 1.807) is 55.6 Å². The van der Waals surface area contributed by atoms with Crippen LogP contribution in [0.1, 0.15) is 15.9 Å². The molecule has 7 nitrogen and oxygen atoms in total. The van der Waals surface area contributed by atoms with E-state index in [1.807, 2.05) is 0 Å². The standard InChI is InChI=1S/C20H25ClN4O3S.HI/c1-22-20(24-12-11-15-3-9-18(10-4-15)29(2,27)28)25-14-13-23-19(26)16-5-7-17(21)8-6-16;/h3-10H,11-14H2,1-2H3,(H,23,26)(H2,22,24,25);1H. The Hall–Kier alpha value is -1.85. The molecule has 10 heteroatoms. The number of carbonyl (C=O) groups is 1. The fourth-order valence-corrected chi connectivity index (χ4v) is 3.27. The summed E-state index contributed by atoms with van der Waals surface area (Å²) in [6, 6.07) is 13.5. The highest BCUT2D eigenvalue weighted by molar-refractivity contribution is 14.0. The molecule has 0 atom stereocenters. The third-order valence-corrected chi connectivity index (χ3v) is 5.47. The van der Waals surface area contributed by atoms with Gasteiger partial charge in [0.15, 0.2) is 15.8 Å². The third-order valence-electron chi connectivity index (χ3n) is 4.09. The first kappa shape index (κ1) is 26.2. The van der Waals surface area contributed by atoms with Crippen LogP contribution in [-0.2, 0) is 16.3 Å². The van der Waals surface area contributed by atoms with Crippen molar-refractivity contribution in [3.8, 4) is 0 Å². The molecule has 0 aliphatic heterocycles. The average Bonchev–Trinajstić information content (AvgIpc) is 2.69. The first-order valence-corrected chi connectivity index (χ1v) is 11.3. The van der Waals surface area contributed by atoms with Gasteiger partial charge in [-0.15, -0.1) is 24.0 Å². The number of guanidine groups is 1. The molecule has 0 heterocycles. The number of hydrogen-bond donors (Lipinski definition) is 3. The fraction of sp³-hybridized carbons (Fsp3) is 0.300. The Morgan fingerprint density at radius 3 is 2.07 bits per heavy atom. The lowest BCUT2D eigenvalue weighted by molar-refractivity contribution is 0.0954. The highest BCUT2D eigenvalue weighted by Crippen LogP contribution is 2.10. The Bertz CT molecular complexity index is 949. The van der Waals surface area contributed by atoms with E-state index in [0.29, 0.717) is 41.1 Å². The fourth-order valence-electron chi connectivity index (χ4n) is 2.51. The molecule has 3 N–H and O–H groups in total. The second-order valence-corrected chi connectivity index (χ2v) is 8.81. The zero-order valence-corrected chi connectivity index (χ0v) is 20.7. The second-order valence-electron chi connectivity index (χ2n) is 6.35. The molecule has 0 saturated carbocycles. The van der Waals surface area contributed by atoms with Gasteiger partial charge in [0.2, 0.25) is 0 Å². The number of nitrogens with one attached hydrogen (secondary N) is 3. The van der Waals surface area contributed by atoms with Crippen LogP contribution >= 0.6 is 35.6 Å². The van der Waals surface area contributed by atoms with Crippen molar-refractivity contribution in [1.82, 2.24) is 16.0 Å². The molecule has 2 rings (SSSR count). The average molecular weight is 565 g/mol. The lowest BCUT2D eigenvalue weighted by Gasteiger charge is -2.12. The van der Waals surface area contributed by atoms with Crippen LogP contribution in [-0.4, -0.2) is 53.2 Å². The van der Waals surface area contributed by atoms with Crippen LogP contribution in [0, 0.1) is 0 Å². The van der Waals surface area contributed by atoms with E-state index >= 15 is 0 Å². The van der Waals surface area contributed by atoms with Gasteiger partial charge in [-0.05, 0) is 48.4 Å². The van der Waals surface area contributed by atoms with Crippen LogP contribution in [0.4, 0.5) is 0 Å². The number of carbonyl (C=O) groups excluding carboxylic acids is 1. The van der Waals surface area contributed by atoms with Crippen molar-refractivity contribution in [1.29, 1.82) is 0 Å². The van der Waals surface area contributed by atoms with Crippen molar-refractivity contribution in [2.45, 2.75) is 11.3 Å². The van der Waals surface area contributed by atoms with Crippen molar-refractivity contribution in [3.05, 3.63) is 64.7 Å². The lowest BCUT2D eigenvalue weighted by atomic mass is 10.1. The molecule has 0 fully saturated rings. The summed E-state index contributed by atoms with van der Waals surface area (Å²) in [7, 11) is -1.51. The van der Waals surface area contributed by atoms with Gasteiger partial charge in [-0.2, -0.15) is 0 Å². The van der Waals surface area contributed by atoms with Gasteiger partial charge in [-0.3, -0.25) is 9.79 Å². The summed E-state index contributed by atoms with van der Waals surface area (Å²) in [5.41, 5.74) is 1.58. The third kappa shape index (κ3) is 8.88. The molecule has 164 valence electrons. The summed E-state index contributed by atoms with van der Waals surface area (Å²) in [6.07, 6.45) is 1.91. The number of nitrogens with zero attached hydrogens (tertiary/aromatic N) is 1. The number of halogens is 2. The van der Waals surface area contributed by atoms with Crippen LogP contribution in [0.2, 0.25) is 5.02 Å². The van der Waals surface area contributed by atoms with Crippen LogP contribution in [0.3, 0.4) is 0 Å². The van der Waals surface area contributed by atoms with E-state index in [1.165, 1.54) is 6.26 Å². The van der Waals surface area contributed by atoms with Gasteiger partial charge in [0.25, 0.3) is 5.91 Å². The molecule has 0 radical (unpaired) electrons. The maximum Gasteiger partial charge on any atom is 0.251 e. The number of benzene rings is 2. The summed E-state index contributed by atoms with van der Waals surface area (Å²) in [5.74, 6) is 0.461. The molecular weight excluding hydrogens is 539 g/mol. The van der Waals surface area contributed by atoms with Gasteiger partial charge in [-0.25, -0.2) is 8.42 Å². The van der Waals surface area contributed by atoms with E-state index in [9.17, 15) is 13.2 Å². The van der Waals surface area contributed by atoms with Crippen molar-refractivity contribution in [2.75, 3.05) is 32.9 Å². The number of aliphatic imine (C=N–C) groups is 1. The van der Waals surface area contributed by atoms with Gasteiger partial charge >= 0.3 is 0 Å². The summed E-state index contributed by atoms with van der Waals surface area (Å²) < 4.78 is 23.0. The Balaban J connectivity index is 0.00000450. The maximum absolute atomic E-state index is 12.0. The molecule has 0 aliphatic carbocycles. The summed E-state index contributed by atoms with van der Waals surface area (Å²) in [5, 5.41) is 9.71. The Labute approximate surface area is 199 Å². The summed E-state index contributed by atoms with van der Waals surface area (Å²) >= 11 is 5.81. The van der Waals surface area contributed by atoms with E-state index in [2.05, 4.69) is 20.9 Å². The normalized spacial score (nSPS) is 11.4. The number of sulfone groups is 1. The van der Waals surface area contributed by atoms with Crippen LogP contribution in [0.15, 0.2) is 58.4 Å². The topological polar surface area (TPSA) is 99.7 Å². The first-order chi connectivity index (χ1) is 13.8. The molecular formula is C20H26ClIN4O3S. The number of rotatable bonds is 8. The minimum Gasteiger partial charge on any atom is -0.356 e. The zero-order chi connectivity index (χ0) is 21.3. The van der Waals surface area contributed by atoms with Crippen molar-refractivity contribution >= 4 is 57.3 Å². The summed E-state index contributed by atoms with van der Waals surface area (Å²) in [4.78, 5) is 16.5. The van der Waals surface area contributed by atoms with Crippen LogP contribution in [0.25, 0.3) is 0 Å². The molecule has 0 aliphatic rings. The van der Waals surface area contributed by atoms with E-state index in [0.717, 1.165) is 12.0 Å². The largest absolute Gasteiger partial charge is 0.356 e. The maximum atomic E-state index is 12.0. The monoisotopic (exact) mass is 564 g/mol. The van der Waals surface area contributed by atoms with E-state index < -0.39 is 9.84 Å². The molecule has 0 unspecified atom stereocenters. The zero-order valence-electron chi connectivity index (χ0n) is 16.8. The Morgan fingerprint density at radius 2 is 1.50 bits per heavy atom. The van der Waals surface area contributed by atoms with Gasteiger partial charge in [0.05, 0.1) is 4.90 Å². The minimum atomic E-state index is -3.18. The number of amides is 1. The van der Waals surface area contributed by atoms with E-state index in [-0.39, 0.29) is 29.9 Å². The molecule has 0 saturated heterocycles. The molecule has 0 aromatic heterocycles. The molecule has 2 aromatic carbocycles. The molecule has 2 aromatic rings. The van der Waals surface area contributed by atoms with Crippen LogP contribution in [0.5, 0.6) is 0 Å². The Morgan fingerprint density at radius 1 is 0.933 bits per heavy atom. The van der Waals surface area contributed by atoms with Gasteiger partial charge in [0, 0.05) is 43.5 Å². The second kappa shape index (κ2) is 12.8. The highest BCUT2D eigenvalue weighted by atomic mass is 127. The summed E-state index contributed by atoms with van der Waals surface area (Å²) in [6.45, 7) is 1.59. The van der Waals surface area contributed by atoms with Gasteiger partial charge < -0.3 is 16.0 Å². The van der Waals surface area contributed by atoms with Crippen molar-refractivity contribution in [2.24, 2.45) is 4.99 Å². The quantitative estimate of drug-likeness (QED) is 0.198.